The van der Waals surface area contributed by atoms with E-state index in [9.17, 15) is 9.90 Å². The minimum atomic E-state index is -0.578. The summed E-state index contributed by atoms with van der Waals surface area (Å²) >= 11 is 0. The topological polar surface area (TPSA) is 65.1 Å². The highest BCUT2D eigenvalue weighted by Crippen LogP contribution is 2.18. The van der Waals surface area contributed by atoms with Crippen LogP contribution in [0.5, 0.6) is 0 Å². The number of H-pyrrole nitrogens is 1. The lowest BCUT2D eigenvalue weighted by atomic mass is 9.99. The van der Waals surface area contributed by atoms with Gasteiger partial charge < -0.3 is 15.4 Å². The number of fused-ring (bicyclic) bond motifs is 1. The molecule has 3 N–H and O–H groups in total. The van der Waals surface area contributed by atoms with Crippen molar-refractivity contribution in [3.63, 3.8) is 0 Å². The molecule has 0 bridgehead atoms. The number of rotatable bonds is 4. The van der Waals surface area contributed by atoms with Crippen LogP contribution in [0.4, 0.5) is 0 Å². The second-order valence-electron chi connectivity index (χ2n) is 4.77. The first-order valence-electron chi connectivity index (χ1n) is 6.09. The number of benzene rings is 1. The van der Waals surface area contributed by atoms with Gasteiger partial charge in [-0.25, -0.2) is 0 Å². The zero-order chi connectivity index (χ0) is 13.2. The third-order valence-electron chi connectivity index (χ3n) is 3.38. The molecule has 0 radical (unpaired) electrons. The number of para-hydroxylation sites is 1. The Bertz CT molecular complexity index is 556. The fourth-order valence-electron chi connectivity index (χ4n) is 1.86. The van der Waals surface area contributed by atoms with E-state index in [-0.39, 0.29) is 12.5 Å². The largest absolute Gasteiger partial charge is 0.394 e. The van der Waals surface area contributed by atoms with Crippen LogP contribution in [0.25, 0.3) is 10.9 Å². The Hall–Kier alpha value is -1.81. The summed E-state index contributed by atoms with van der Waals surface area (Å²) in [4.78, 5) is 15.3. The van der Waals surface area contributed by atoms with Gasteiger partial charge in [-0.1, -0.05) is 19.1 Å². The van der Waals surface area contributed by atoms with E-state index >= 15 is 0 Å². The van der Waals surface area contributed by atoms with Gasteiger partial charge in [0.15, 0.2) is 0 Å². The van der Waals surface area contributed by atoms with Crippen molar-refractivity contribution in [2.45, 2.75) is 25.8 Å². The molecular formula is C14H18N2O2. The Labute approximate surface area is 106 Å². The Morgan fingerprint density at radius 2 is 2.22 bits per heavy atom. The van der Waals surface area contributed by atoms with Crippen LogP contribution in [0, 0.1) is 0 Å². The van der Waals surface area contributed by atoms with E-state index in [0.717, 1.165) is 10.9 Å². The van der Waals surface area contributed by atoms with Gasteiger partial charge in [0, 0.05) is 11.6 Å². The lowest BCUT2D eigenvalue weighted by Gasteiger charge is -2.27. The maximum atomic E-state index is 12.2. The van der Waals surface area contributed by atoms with E-state index in [1.54, 1.807) is 6.07 Å². The Morgan fingerprint density at radius 3 is 2.89 bits per heavy atom. The summed E-state index contributed by atoms with van der Waals surface area (Å²) in [5.74, 6) is -0.165. The molecule has 1 amide bonds. The van der Waals surface area contributed by atoms with Crippen molar-refractivity contribution in [3.05, 3.63) is 36.0 Å². The average Bonchev–Trinajstić information content (AvgIpc) is 2.86. The van der Waals surface area contributed by atoms with Crippen LogP contribution in [0.3, 0.4) is 0 Å². The molecule has 1 atom stereocenters. The highest BCUT2D eigenvalue weighted by atomic mass is 16.3. The van der Waals surface area contributed by atoms with E-state index in [1.807, 2.05) is 38.2 Å². The van der Waals surface area contributed by atoms with Gasteiger partial charge in [0.05, 0.1) is 23.2 Å². The first kappa shape index (κ1) is 12.6. The number of aromatic amines is 1. The molecule has 1 heterocycles. The highest BCUT2D eigenvalue weighted by Gasteiger charge is 2.24. The van der Waals surface area contributed by atoms with E-state index in [0.29, 0.717) is 12.0 Å². The molecule has 96 valence electrons. The van der Waals surface area contributed by atoms with Crippen molar-refractivity contribution in [1.82, 2.24) is 10.3 Å². The molecule has 0 fully saturated rings. The molecule has 2 aromatic rings. The number of aliphatic hydroxyl groups excluding tert-OH is 1. The van der Waals surface area contributed by atoms with Crippen molar-refractivity contribution in [3.8, 4) is 0 Å². The summed E-state index contributed by atoms with van der Waals surface area (Å²) in [5, 5.41) is 13.2. The molecular weight excluding hydrogens is 228 g/mol. The van der Waals surface area contributed by atoms with Crippen molar-refractivity contribution in [2.24, 2.45) is 0 Å². The van der Waals surface area contributed by atoms with Crippen molar-refractivity contribution >= 4 is 16.8 Å². The van der Waals surface area contributed by atoms with E-state index in [1.165, 1.54) is 0 Å². The third-order valence-corrected chi connectivity index (χ3v) is 3.38. The fourth-order valence-corrected chi connectivity index (χ4v) is 1.86. The molecule has 1 aromatic carbocycles. The smallest absolute Gasteiger partial charge is 0.253 e. The van der Waals surface area contributed by atoms with Gasteiger partial charge in [-0.05, 0) is 25.5 Å². The Kier molecular flexibility index (Phi) is 3.39. The zero-order valence-corrected chi connectivity index (χ0v) is 10.7. The van der Waals surface area contributed by atoms with Crippen molar-refractivity contribution < 1.29 is 9.90 Å². The second-order valence-corrected chi connectivity index (χ2v) is 4.77. The van der Waals surface area contributed by atoms with Gasteiger partial charge >= 0.3 is 0 Å². The molecule has 0 aliphatic heterocycles. The summed E-state index contributed by atoms with van der Waals surface area (Å²) in [5.41, 5.74) is 0.850. The summed E-state index contributed by atoms with van der Waals surface area (Å²) in [6, 6.07) is 7.51. The third kappa shape index (κ3) is 2.24. The van der Waals surface area contributed by atoms with Crippen molar-refractivity contribution in [1.29, 1.82) is 0 Å². The van der Waals surface area contributed by atoms with E-state index < -0.39 is 5.54 Å². The highest BCUT2D eigenvalue weighted by molar-refractivity contribution is 6.05. The summed E-state index contributed by atoms with van der Waals surface area (Å²) in [6.45, 7) is 3.70. The molecule has 0 saturated carbocycles. The molecule has 1 aromatic heterocycles. The number of aliphatic hydroxyl groups is 1. The summed E-state index contributed by atoms with van der Waals surface area (Å²) in [6.07, 6.45) is 2.49. The van der Waals surface area contributed by atoms with Gasteiger partial charge in [-0.15, -0.1) is 0 Å². The number of hydrogen-bond donors (Lipinski definition) is 3. The monoisotopic (exact) mass is 246 g/mol. The number of carbonyl (C=O) groups is 1. The second kappa shape index (κ2) is 4.82. The van der Waals surface area contributed by atoms with Crippen LogP contribution in [-0.4, -0.2) is 28.1 Å². The molecule has 4 heteroatoms. The lowest BCUT2D eigenvalue weighted by Crippen LogP contribution is -2.48. The quantitative estimate of drug-likeness (QED) is 0.773. The molecule has 1 unspecified atom stereocenters. The lowest BCUT2D eigenvalue weighted by molar-refractivity contribution is 0.0849. The minimum absolute atomic E-state index is 0.0735. The molecule has 0 aliphatic rings. The Balaban J connectivity index is 2.31. The van der Waals surface area contributed by atoms with Crippen LogP contribution in [0.2, 0.25) is 0 Å². The van der Waals surface area contributed by atoms with Crippen LogP contribution in [0.15, 0.2) is 30.5 Å². The standard InChI is InChI=1S/C14H18N2O2/c1-3-14(2,9-17)16-13(18)11-6-4-5-10-7-8-15-12(10)11/h4-8,15,17H,3,9H2,1-2H3,(H,16,18). The number of carbonyl (C=O) groups excluding carboxylic acids is 1. The average molecular weight is 246 g/mol. The summed E-state index contributed by atoms with van der Waals surface area (Å²) in [7, 11) is 0. The van der Waals surface area contributed by atoms with Gasteiger partial charge in [0.1, 0.15) is 0 Å². The number of aromatic nitrogens is 1. The number of hydrogen-bond acceptors (Lipinski definition) is 2. The van der Waals surface area contributed by atoms with Crippen LogP contribution in [0.1, 0.15) is 30.6 Å². The zero-order valence-electron chi connectivity index (χ0n) is 10.7. The first-order chi connectivity index (χ1) is 8.59. The molecule has 0 saturated heterocycles. The normalized spacial score (nSPS) is 14.4. The fraction of sp³-hybridized carbons (Fsp3) is 0.357. The van der Waals surface area contributed by atoms with E-state index in [2.05, 4.69) is 10.3 Å². The molecule has 0 aliphatic carbocycles. The molecule has 18 heavy (non-hydrogen) atoms. The first-order valence-corrected chi connectivity index (χ1v) is 6.09. The van der Waals surface area contributed by atoms with Gasteiger partial charge in [-0.3, -0.25) is 4.79 Å². The Morgan fingerprint density at radius 1 is 1.44 bits per heavy atom. The number of amides is 1. The van der Waals surface area contributed by atoms with Crippen LogP contribution < -0.4 is 5.32 Å². The van der Waals surface area contributed by atoms with Gasteiger partial charge in [0.25, 0.3) is 5.91 Å². The molecule has 0 spiro atoms. The maximum absolute atomic E-state index is 12.2. The minimum Gasteiger partial charge on any atom is -0.394 e. The molecule has 2 rings (SSSR count). The predicted octanol–water partition coefficient (Wildman–Crippen LogP) is 2.06. The summed E-state index contributed by atoms with van der Waals surface area (Å²) < 4.78 is 0. The SMILES string of the molecule is CCC(C)(CO)NC(=O)c1cccc2cc[nH]c12. The van der Waals surface area contributed by atoms with Gasteiger partial charge in [-0.2, -0.15) is 0 Å². The predicted molar refractivity (Wildman–Crippen MR) is 71.5 cm³/mol. The number of nitrogens with one attached hydrogen (secondary N) is 2. The molecule has 4 nitrogen and oxygen atoms in total. The maximum Gasteiger partial charge on any atom is 0.253 e. The van der Waals surface area contributed by atoms with Crippen LogP contribution in [-0.2, 0) is 0 Å². The van der Waals surface area contributed by atoms with E-state index in [4.69, 9.17) is 0 Å². The van der Waals surface area contributed by atoms with Crippen LogP contribution >= 0.6 is 0 Å². The van der Waals surface area contributed by atoms with Crippen molar-refractivity contribution in [2.75, 3.05) is 6.61 Å². The van der Waals surface area contributed by atoms with Gasteiger partial charge in [0.2, 0.25) is 0 Å².